The number of amides is 2. The topological polar surface area (TPSA) is 96.5 Å². The molecule has 1 aromatic heterocycles. The van der Waals surface area contributed by atoms with Gasteiger partial charge in [-0.15, -0.1) is 11.3 Å². The first kappa shape index (κ1) is 21.5. The number of hydrogen-bond acceptors (Lipinski definition) is 6. The van der Waals surface area contributed by atoms with Crippen LogP contribution < -0.4 is 16.0 Å². The van der Waals surface area contributed by atoms with Crippen molar-refractivity contribution in [1.82, 2.24) is 0 Å². The number of benzene rings is 2. The Kier molecular flexibility index (Phi) is 5.54. The van der Waals surface area contributed by atoms with Crippen molar-refractivity contribution >= 4 is 56.3 Å². The minimum atomic E-state index is -0.751. The number of ether oxygens (including phenoxy) is 1. The number of nitrogens with one attached hydrogen (secondary N) is 3. The number of fused-ring (bicyclic) bond motifs is 1. The minimum absolute atomic E-state index is 0.0736. The van der Waals surface area contributed by atoms with Crippen molar-refractivity contribution in [3.8, 4) is 0 Å². The summed E-state index contributed by atoms with van der Waals surface area (Å²) in [4.78, 5) is 39.5. The van der Waals surface area contributed by atoms with Crippen molar-refractivity contribution in [2.75, 3.05) is 23.1 Å². The Morgan fingerprint density at radius 1 is 1.18 bits per heavy atom. The van der Waals surface area contributed by atoms with E-state index < -0.39 is 12.0 Å². The number of rotatable bonds is 4. The maximum atomic E-state index is 13.0. The summed E-state index contributed by atoms with van der Waals surface area (Å²) < 4.78 is 5.00. The molecule has 33 heavy (non-hydrogen) atoms. The molecule has 1 aliphatic heterocycles. The van der Waals surface area contributed by atoms with Gasteiger partial charge in [0.05, 0.1) is 24.8 Å². The van der Waals surface area contributed by atoms with Gasteiger partial charge >= 0.3 is 5.97 Å². The fourth-order valence-electron chi connectivity index (χ4n) is 4.70. The van der Waals surface area contributed by atoms with Crippen LogP contribution in [0.1, 0.15) is 40.6 Å². The average molecular weight is 464 g/mol. The van der Waals surface area contributed by atoms with E-state index >= 15 is 0 Å². The molecule has 7 nitrogen and oxygen atoms in total. The molecule has 8 heteroatoms. The van der Waals surface area contributed by atoms with E-state index in [2.05, 4.69) is 22.9 Å². The molecule has 170 valence electrons. The number of carbonyl (C=O) groups excluding carboxylic acids is 3. The summed E-state index contributed by atoms with van der Waals surface area (Å²) in [6, 6.07) is 10.8. The molecule has 2 heterocycles. The van der Waals surface area contributed by atoms with Crippen molar-refractivity contribution in [2.24, 2.45) is 5.92 Å². The molecular formula is C25H25N3O4S. The maximum absolute atomic E-state index is 13.0. The van der Waals surface area contributed by atoms with Gasteiger partial charge < -0.3 is 20.7 Å². The zero-order chi connectivity index (χ0) is 23.1. The lowest BCUT2D eigenvalue weighted by molar-refractivity contribution is -0.121. The van der Waals surface area contributed by atoms with Gasteiger partial charge in [-0.25, -0.2) is 4.79 Å². The quantitative estimate of drug-likeness (QED) is 0.493. The van der Waals surface area contributed by atoms with Gasteiger partial charge in [-0.2, -0.15) is 0 Å². The highest BCUT2D eigenvalue weighted by Gasteiger charge is 2.31. The molecule has 3 N–H and O–H groups in total. The average Bonchev–Trinajstić information content (AvgIpc) is 3.07. The van der Waals surface area contributed by atoms with E-state index in [4.69, 9.17) is 4.74 Å². The Morgan fingerprint density at radius 3 is 2.70 bits per heavy atom. The number of methoxy groups -OCH3 is 1. The van der Waals surface area contributed by atoms with Crippen LogP contribution in [0.5, 0.6) is 0 Å². The standard InChI is InChI=1S/C25H25N3O4S/c1-13-9-10-15-19(11-13)33-24(22(15)25(31)32-2)28-20(29)12-18-23(30)27-17-8-4-6-14-5-3-7-16(26-18)21(14)17/h3-8,13,18,26H,9-12H2,1-2H3,(H,27,30)(H,28,29)/t13-,18-/m1/s1. The molecule has 1 aliphatic carbocycles. The molecule has 0 fully saturated rings. The van der Waals surface area contributed by atoms with Crippen LogP contribution in [0, 0.1) is 5.92 Å². The number of thiophene rings is 1. The van der Waals surface area contributed by atoms with Gasteiger partial charge in [0.1, 0.15) is 11.0 Å². The Bertz CT molecular complexity index is 1280. The van der Waals surface area contributed by atoms with Crippen LogP contribution in [0.3, 0.4) is 0 Å². The van der Waals surface area contributed by atoms with Gasteiger partial charge in [-0.05, 0) is 48.3 Å². The summed E-state index contributed by atoms with van der Waals surface area (Å²) in [5, 5.41) is 11.5. The van der Waals surface area contributed by atoms with Crippen molar-refractivity contribution in [2.45, 2.75) is 38.6 Å². The molecule has 0 saturated carbocycles. The molecule has 0 bridgehead atoms. The van der Waals surface area contributed by atoms with E-state index in [1.165, 1.54) is 18.4 Å². The van der Waals surface area contributed by atoms with Gasteiger partial charge in [0, 0.05) is 16.0 Å². The van der Waals surface area contributed by atoms with Crippen LogP contribution in [0.15, 0.2) is 36.4 Å². The maximum Gasteiger partial charge on any atom is 0.341 e. The summed E-state index contributed by atoms with van der Waals surface area (Å²) >= 11 is 1.44. The van der Waals surface area contributed by atoms with E-state index in [1.54, 1.807) is 0 Å². The SMILES string of the molecule is COC(=O)c1c(NC(=O)C[C@H]2Nc3cccc4cccc(c34)NC2=O)sc2c1CC[C@@H](C)C2. The molecule has 5 rings (SSSR count). The monoisotopic (exact) mass is 463 g/mol. The lowest BCUT2D eigenvalue weighted by Gasteiger charge is -2.18. The molecule has 0 unspecified atom stereocenters. The molecule has 0 radical (unpaired) electrons. The first-order valence-electron chi connectivity index (χ1n) is 11.1. The second-order valence-electron chi connectivity index (χ2n) is 8.70. The largest absolute Gasteiger partial charge is 0.465 e. The van der Waals surface area contributed by atoms with Crippen LogP contribution in [-0.4, -0.2) is 30.9 Å². The van der Waals surface area contributed by atoms with E-state index in [1.807, 2.05) is 36.4 Å². The van der Waals surface area contributed by atoms with Gasteiger partial charge in [0.2, 0.25) is 11.8 Å². The second-order valence-corrected chi connectivity index (χ2v) is 9.80. The number of carbonyl (C=O) groups is 3. The van der Waals surface area contributed by atoms with E-state index in [-0.39, 0.29) is 18.2 Å². The molecule has 2 aromatic carbocycles. The van der Waals surface area contributed by atoms with Crippen molar-refractivity contribution < 1.29 is 19.1 Å². The molecule has 2 aliphatic rings. The zero-order valence-electron chi connectivity index (χ0n) is 18.5. The Labute approximate surface area is 195 Å². The van der Waals surface area contributed by atoms with Crippen molar-refractivity contribution in [1.29, 1.82) is 0 Å². The highest BCUT2D eigenvalue weighted by molar-refractivity contribution is 7.17. The van der Waals surface area contributed by atoms with E-state index in [9.17, 15) is 14.4 Å². The van der Waals surface area contributed by atoms with Crippen LogP contribution in [0.25, 0.3) is 10.8 Å². The Morgan fingerprint density at radius 2 is 1.94 bits per heavy atom. The molecule has 0 spiro atoms. The van der Waals surface area contributed by atoms with Crippen LogP contribution in [0.2, 0.25) is 0 Å². The van der Waals surface area contributed by atoms with Crippen LogP contribution >= 0.6 is 11.3 Å². The first-order valence-corrected chi connectivity index (χ1v) is 11.9. The normalized spacial score (nSPS) is 19.2. The Hall–Kier alpha value is -3.39. The fraction of sp³-hybridized carbons (Fsp3) is 0.320. The molecule has 0 saturated heterocycles. The Balaban J connectivity index is 1.39. The van der Waals surface area contributed by atoms with Crippen LogP contribution in [-0.2, 0) is 27.2 Å². The third-order valence-corrected chi connectivity index (χ3v) is 7.52. The van der Waals surface area contributed by atoms with Gasteiger partial charge in [-0.1, -0.05) is 31.2 Å². The predicted molar refractivity (Wildman–Crippen MR) is 130 cm³/mol. The summed E-state index contributed by atoms with van der Waals surface area (Å²) in [5.41, 5.74) is 2.95. The molecule has 3 aromatic rings. The molecular weight excluding hydrogens is 438 g/mol. The second kappa shape index (κ2) is 8.51. The smallest absolute Gasteiger partial charge is 0.341 e. The van der Waals surface area contributed by atoms with Gasteiger partial charge in [-0.3, -0.25) is 9.59 Å². The summed E-state index contributed by atoms with van der Waals surface area (Å²) in [7, 11) is 1.35. The zero-order valence-corrected chi connectivity index (χ0v) is 19.3. The minimum Gasteiger partial charge on any atom is -0.465 e. The third-order valence-electron chi connectivity index (χ3n) is 6.35. The highest BCUT2D eigenvalue weighted by atomic mass is 32.1. The summed E-state index contributed by atoms with van der Waals surface area (Å²) in [6.45, 7) is 2.19. The van der Waals surface area contributed by atoms with E-state index in [0.717, 1.165) is 51.9 Å². The van der Waals surface area contributed by atoms with Crippen molar-refractivity contribution in [3.05, 3.63) is 52.4 Å². The molecule has 2 atom stereocenters. The summed E-state index contributed by atoms with van der Waals surface area (Å²) in [6.07, 6.45) is 2.60. The number of esters is 1. The first-order chi connectivity index (χ1) is 15.9. The fourth-order valence-corrected chi connectivity index (χ4v) is 6.12. The predicted octanol–water partition coefficient (Wildman–Crippen LogP) is 4.57. The van der Waals surface area contributed by atoms with Crippen molar-refractivity contribution in [3.63, 3.8) is 0 Å². The summed E-state index contributed by atoms with van der Waals surface area (Å²) in [5.74, 6) is -0.517. The molecule has 2 amide bonds. The lowest BCUT2D eigenvalue weighted by atomic mass is 9.88. The lowest BCUT2D eigenvalue weighted by Crippen LogP contribution is -2.36. The van der Waals surface area contributed by atoms with Gasteiger partial charge in [0.15, 0.2) is 0 Å². The van der Waals surface area contributed by atoms with Gasteiger partial charge in [0.25, 0.3) is 0 Å². The number of hydrogen-bond donors (Lipinski definition) is 3. The van der Waals surface area contributed by atoms with Crippen LogP contribution in [0.4, 0.5) is 16.4 Å². The van der Waals surface area contributed by atoms with E-state index in [0.29, 0.717) is 16.5 Å². The third kappa shape index (κ3) is 3.95. The number of anilines is 3. The highest BCUT2D eigenvalue weighted by Crippen LogP contribution is 2.40.